The molecule has 0 saturated carbocycles. The predicted octanol–water partition coefficient (Wildman–Crippen LogP) is 1.78. The molecule has 0 atom stereocenters. The predicted molar refractivity (Wildman–Crippen MR) is 87.7 cm³/mol. The first-order valence-corrected chi connectivity index (χ1v) is 7.72. The summed E-state index contributed by atoms with van der Waals surface area (Å²) in [5, 5.41) is 9.34. The fourth-order valence-corrected chi connectivity index (χ4v) is 2.84. The molecule has 1 N–H and O–H groups in total. The SMILES string of the molecule is CN1CCCN(c2nccnc2-c2cccc(CO)c2)CC1. The zero-order valence-electron chi connectivity index (χ0n) is 12.9. The van der Waals surface area contributed by atoms with Crippen molar-refractivity contribution in [1.82, 2.24) is 14.9 Å². The number of likely N-dealkylation sites (N-methyl/N-ethyl adjacent to an activating group) is 1. The summed E-state index contributed by atoms with van der Waals surface area (Å²) in [5.41, 5.74) is 2.79. The van der Waals surface area contributed by atoms with E-state index in [9.17, 15) is 5.11 Å². The van der Waals surface area contributed by atoms with Crippen LogP contribution in [0.25, 0.3) is 11.3 Å². The van der Waals surface area contributed by atoms with Gasteiger partial charge in [-0.15, -0.1) is 0 Å². The lowest BCUT2D eigenvalue weighted by Crippen LogP contribution is -2.30. The van der Waals surface area contributed by atoms with E-state index in [4.69, 9.17) is 0 Å². The van der Waals surface area contributed by atoms with Gasteiger partial charge in [-0.25, -0.2) is 4.98 Å². The maximum atomic E-state index is 9.34. The molecular weight excluding hydrogens is 276 g/mol. The second kappa shape index (κ2) is 6.85. The number of rotatable bonds is 3. The van der Waals surface area contributed by atoms with Crippen LogP contribution in [0.5, 0.6) is 0 Å². The van der Waals surface area contributed by atoms with Crippen LogP contribution >= 0.6 is 0 Å². The minimum atomic E-state index is 0.0396. The molecule has 0 radical (unpaired) electrons. The van der Waals surface area contributed by atoms with Crippen LogP contribution in [0.3, 0.4) is 0 Å². The third kappa shape index (κ3) is 3.26. The van der Waals surface area contributed by atoms with Gasteiger partial charge in [0.2, 0.25) is 0 Å². The van der Waals surface area contributed by atoms with Gasteiger partial charge in [-0.3, -0.25) is 4.98 Å². The number of hydrogen-bond donors (Lipinski definition) is 1. The molecule has 2 heterocycles. The average molecular weight is 298 g/mol. The van der Waals surface area contributed by atoms with Gasteiger partial charge in [-0.1, -0.05) is 18.2 Å². The quantitative estimate of drug-likeness (QED) is 0.936. The molecule has 3 rings (SSSR count). The molecule has 1 saturated heterocycles. The van der Waals surface area contributed by atoms with Crippen LogP contribution in [0.15, 0.2) is 36.7 Å². The van der Waals surface area contributed by atoms with E-state index in [2.05, 4.69) is 26.8 Å². The van der Waals surface area contributed by atoms with Gasteiger partial charge in [0, 0.05) is 37.6 Å². The lowest BCUT2D eigenvalue weighted by molar-refractivity contribution is 0.282. The minimum Gasteiger partial charge on any atom is -0.392 e. The summed E-state index contributed by atoms with van der Waals surface area (Å²) in [6, 6.07) is 7.88. The molecule has 1 aliphatic rings. The molecule has 2 aromatic rings. The maximum Gasteiger partial charge on any atom is 0.155 e. The summed E-state index contributed by atoms with van der Waals surface area (Å²) in [4.78, 5) is 13.8. The molecule has 0 spiro atoms. The first kappa shape index (κ1) is 14.9. The van der Waals surface area contributed by atoms with Gasteiger partial charge < -0.3 is 14.9 Å². The summed E-state index contributed by atoms with van der Waals surface area (Å²) in [5.74, 6) is 0.938. The summed E-state index contributed by atoms with van der Waals surface area (Å²) < 4.78 is 0. The van der Waals surface area contributed by atoms with Crippen LogP contribution in [0, 0.1) is 0 Å². The van der Waals surface area contributed by atoms with Gasteiger partial charge >= 0.3 is 0 Å². The minimum absolute atomic E-state index is 0.0396. The number of nitrogens with zero attached hydrogens (tertiary/aromatic N) is 4. The first-order chi connectivity index (χ1) is 10.8. The fourth-order valence-electron chi connectivity index (χ4n) is 2.84. The lowest BCUT2D eigenvalue weighted by Gasteiger charge is -2.23. The molecule has 0 bridgehead atoms. The van der Waals surface area contributed by atoms with Crippen molar-refractivity contribution in [2.24, 2.45) is 0 Å². The van der Waals surface area contributed by atoms with Gasteiger partial charge in [0.05, 0.1) is 6.61 Å². The number of hydrogen-bond acceptors (Lipinski definition) is 5. The van der Waals surface area contributed by atoms with Crippen LogP contribution < -0.4 is 4.90 Å². The van der Waals surface area contributed by atoms with Crippen LogP contribution in [-0.2, 0) is 6.61 Å². The molecule has 1 aliphatic heterocycles. The van der Waals surface area contributed by atoms with Crippen LogP contribution in [0.2, 0.25) is 0 Å². The number of anilines is 1. The smallest absolute Gasteiger partial charge is 0.155 e. The Morgan fingerprint density at radius 3 is 2.82 bits per heavy atom. The first-order valence-electron chi connectivity index (χ1n) is 7.72. The van der Waals surface area contributed by atoms with Crippen molar-refractivity contribution in [3.8, 4) is 11.3 Å². The molecule has 0 aliphatic carbocycles. The van der Waals surface area contributed by atoms with Crippen LogP contribution in [0.4, 0.5) is 5.82 Å². The van der Waals surface area contributed by atoms with Crippen molar-refractivity contribution in [2.75, 3.05) is 38.1 Å². The third-order valence-corrected chi connectivity index (χ3v) is 4.08. The van der Waals surface area contributed by atoms with Crippen LogP contribution in [-0.4, -0.2) is 53.2 Å². The molecule has 5 nitrogen and oxygen atoms in total. The highest BCUT2D eigenvalue weighted by atomic mass is 16.3. The fraction of sp³-hybridized carbons (Fsp3) is 0.412. The molecule has 0 amide bonds. The Kier molecular flexibility index (Phi) is 4.65. The average Bonchev–Trinajstić information content (AvgIpc) is 2.79. The lowest BCUT2D eigenvalue weighted by atomic mass is 10.1. The number of aromatic nitrogens is 2. The molecule has 116 valence electrons. The standard InChI is InChI=1S/C17H22N4O/c1-20-8-3-9-21(11-10-20)17-16(18-6-7-19-17)15-5-2-4-14(12-15)13-22/h2,4-7,12,22H,3,8-11,13H2,1H3. The highest BCUT2D eigenvalue weighted by Crippen LogP contribution is 2.27. The Balaban J connectivity index is 1.95. The van der Waals surface area contributed by atoms with Crippen molar-refractivity contribution >= 4 is 5.82 Å². The summed E-state index contributed by atoms with van der Waals surface area (Å²) >= 11 is 0. The van der Waals surface area contributed by atoms with Gasteiger partial charge in [-0.2, -0.15) is 0 Å². The molecule has 1 aromatic heterocycles. The Morgan fingerprint density at radius 2 is 1.95 bits per heavy atom. The maximum absolute atomic E-state index is 9.34. The number of aliphatic hydroxyl groups excluding tert-OH is 1. The van der Waals surface area contributed by atoms with Gasteiger partial charge in [-0.05, 0) is 31.6 Å². The molecule has 0 unspecified atom stereocenters. The van der Waals surface area contributed by atoms with Gasteiger partial charge in [0.1, 0.15) is 5.69 Å². The molecule has 22 heavy (non-hydrogen) atoms. The van der Waals surface area contributed by atoms with E-state index in [1.165, 1.54) is 0 Å². The zero-order valence-corrected chi connectivity index (χ0v) is 12.9. The van der Waals surface area contributed by atoms with E-state index in [1.54, 1.807) is 12.4 Å². The Labute approximate surface area is 131 Å². The number of aliphatic hydroxyl groups is 1. The molecule has 1 aromatic carbocycles. The van der Waals surface area contributed by atoms with E-state index >= 15 is 0 Å². The Hall–Kier alpha value is -1.98. The normalized spacial score (nSPS) is 16.5. The van der Waals surface area contributed by atoms with Crippen LogP contribution in [0.1, 0.15) is 12.0 Å². The second-order valence-electron chi connectivity index (χ2n) is 5.73. The summed E-state index contributed by atoms with van der Waals surface area (Å²) in [6.45, 7) is 4.15. The van der Waals surface area contributed by atoms with Crippen molar-refractivity contribution in [3.05, 3.63) is 42.2 Å². The largest absolute Gasteiger partial charge is 0.392 e. The van der Waals surface area contributed by atoms with E-state index in [0.29, 0.717) is 0 Å². The Morgan fingerprint density at radius 1 is 1.09 bits per heavy atom. The van der Waals surface area contributed by atoms with Gasteiger partial charge in [0.15, 0.2) is 5.82 Å². The van der Waals surface area contributed by atoms with E-state index in [1.807, 2.05) is 24.3 Å². The third-order valence-electron chi connectivity index (χ3n) is 4.08. The van der Waals surface area contributed by atoms with Crippen molar-refractivity contribution in [1.29, 1.82) is 0 Å². The topological polar surface area (TPSA) is 52.5 Å². The van der Waals surface area contributed by atoms with E-state index in [-0.39, 0.29) is 6.61 Å². The molecule has 5 heteroatoms. The zero-order chi connectivity index (χ0) is 15.4. The second-order valence-corrected chi connectivity index (χ2v) is 5.73. The monoisotopic (exact) mass is 298 g/mol. The van der Waals surface area contributed by atoms with Crippen molar-refractivity contribution < 1.29 is 5.11 Å². The van der Waals surface area contributed by atoms with E-state index in [0.717, 1.165) is 55.2 Å². The summed E-state index contributed by atoms with van der Waals surface area (Å²) in [6.07, 6.45) is 4.61. The molecular formula is C17H22N4O. The van der Waals surface area contributed by atoms with Crippen molar-refractivity contribution in [3.63, 3.8) is 0 Å². The Bertz CT molecular complexity index is 632. The molecule has 1 fully saturated rings. The van der Waals surface area contributed by atoms with Gasteiger partial charge in [0.25, 0.3) is 0 Å². The highest BCUT2D eigenvalue weighted by molar-refractivity contribution is 5.72. The highest BCUT2D eigenvalue weighted by Gasteiger charge is 2.18. The number of benzene rings is 1. The summed E-state index contributed by atoms with van der Waals surface area (Å²) in [7, 11) is 2.16. The van der Waals surface area contributed by atoms with E-state index < -0.39 is 0 Å². The van der Waals surface area contributed by atoms with Crippen molar-refractivity contribution in [2.45, 2.75) is 13.0 Å².